The lowest BCUT2D eigenvalue weighted by molar-refractivity contribution is -0.128. The molecule has 1 saturated heterocycles. The molecule has 2 amide bonds. The Hall–Kier alpha value is -3.21. The van der Waals surface area contributed by atoms with Gasteiger partial charge in [0.15, 0.2) is 0 Å². The van der Waals surface area contributed by atoms with Gasteiger partial charge in [0.1, 0.15) is 0 Å². The van der Waals surface area contributed by atoms with Crippen LogP contribution in [0.4, 0.5) is 0 Å². The molecule has 2 heterocycles. The van der Waals surface area contributed by atoms with Crippen LogP contribution in [0.3, 0.4) is 0 Å². The number of aryl methyl sites for hydroxylation is 2. The SMILES string of the molecule is Cc1ccc2cc(C(=O)NC[C@@H]3CC(=O)N(Cc4ccccc4)C3)c(C)nc2c1. The maximum absolute atomic E-state index is 12.7. The molecular weight excluding hydrogens is 362 g/mol. The largest absolute Gasteiger partial charge is 0.352 e. The van der Waals surface area contributed by atoms with Crippen LogP contribution in [0.15, 0.2) is 54.6 Å². The molecule has 1 aliphatic heterocycles. The van der Waals surface area contributed by atoms with Crippen molar-refractivity contribution in [3.8, 4) is 0 Å². The molecule has 3 aromatic rings. The summed E-state index contributed by atoms with van der Waals surface area (Å²) in [6, 6.07) is 17.9. The fourth-order valence-corrected chi connectivity index (χ4v) is 3.88. The van der Waals surface area contributed by atoms with Crippen LogP contribution in [0.2, 0.25) is 0 Å². The van der Waals surface area contributed by atoms with E-state index < -0.39 is 0 Å². The van der Waals surface area contributed by atoms with Gasteiger partial charge in [-0.3, -0.25) is 14.6 Å². The van der Waals surface area contributed by atoms with E-state index in [1.165, 1.54) is 0 Å². The highest BCUT2D eigenvalue weighted by molar-refractivity contribution is 5.98. The van der Waals surface area contributed by atoms with Gasteiger partial charge in [-0.2, -0.15) is 0 Å². The Balaban J connectivity index is 1.38. The van der Waals surface area contributed by atoms with E-state index in [-0.39, 0.29) is 17.7 Å². The van der Waals surface area contributed by atoms with Crippen molar-refractivity contribution in [2.24, 2.45) is 5.92 Å². The first-order valence-electron chi connectivity index (χ1n) is 9.97. The Morgan fingerprint density at radius 3 is 2.72 bits per heavy atom. The van der Waals surface area contributed by atoms with E-state index in [0.29, 0.717) is 37.3 Å². The number of fused-ring (bicyclic) bond motifs is 1. The molecule has 1 aromatic heterocycles. The zero-order chi connectivity index (χ0) is 20.4. The van der Waals surface area contributed by atoms with Gasteiger partial charge >= 0.3 is 0 Å². The molecule has 0 radical (unpaired) electrons. The highest BCUT2D eigenvalue weighted by Gasteiger charge is 2.29. The van der Waals surface area contributed by atoms with E-state index in [9.17, 15) is 9.59 Å². The summed E-state index contributed by atoms with van der Waals surface area (Å²) in [6.45, 7) is 5.67. The molecule has 0 spiro atoms. The number of benzene rings is 2. The van der Waals surface area contributed by atoms with Crippen LogP contribution in [-0.2, 0) is 11.3 Å². The summed E-state index contributed by atoms with van der Waals surface area (Å²) >= 11 is 0. The van der Waals surface area contributed by atoms with Crippen molar-refractivity contribution in [2.75, 3.05) is 13.1 Å². The summed E-state index contributed by atoms with van der Waals surface area (Å²) < 4.78 is 0. The average Bonchev–Trinajstić information content (AvgIpc) is 3.05. The third-order valence-corrected chi connectivity index (χ3v) is 5.47. The quantitative estimate of drug-likeness (QED) is 0.727. The smallest absolute Gasteiger partial charge is 0.253 e. The van der Waals surface area contributed by atoms with E-state index in [4.69, 9.17) is 0 Å². The van der Waals surface area contributed by atoms with Crippen molar-refractivity contribution in [3.05, 3.63) is 77.0 Å². The summed E-state index contributed by atoms with van der Waals surface area (Å²) in [5.41, 5.74) is 4.48. The van der Waals surface area contributed by atoms with Crippen molar-refractivity contribution in [3.63, 3.8) is 0 Å². The highest BCUT2D eigenvalue weighted by atomic mass is 16.2. The summed E-state index contributed by atoms with van der Waals surface area (Å²) in [7, 11) is 0. The first-order chi connectivity index (χ1) is 14.0. The van der Waals surface area contributed by atoms with Crippen LogP contribution in [0.1, 0.15) is 33.6 Å². The molecule has 1 atom stereocenters. The van der Waals surface area contributed by atoms with E-state index in [0.717, 1.165) is 22.0 Å². The monoisotopic (exact) mass is 387 g/mol. The number of nitrogens with zero attached hydrogens (tertiary/aromatic N) is 2. The second kappa shape index (κ2) is 8.03. The van der Waals surface area contributed by atoms with Crippen LogP contribution < -0.4 is 5.32 Å². The molecule has 5 nitrogen and oxygen atoms in total. The van der Waals surface area contributed by atoms with Crippen molar-refractivity contribution >= 4 is 22.7 Å². The number of likely N-dealkylation sites (tertiary alicyclic amines) is 1. The molecule has 0 bridgehead atoms. The Morgan fingerprint density at radius 2 is 1.93 bits per heavy atom. The van der Waals surface area contributed by atoms with Crippen LogP contribution in [0, 0.1) is 19.8 Å². The third kappa shape index (κ3) is 4.29. The summed E-state index contributed by atoms with van der Waals surface area (Å²) in [6.07, 6.45) is 0.474. The first-order valence-corrected chi connectivity index (χ1v) is 9.97. The lowest BCUT2D eigenvalue weighted by Gasteiger charge is -2.17. The van der Waals surface area contributed by atoms with E-state index in [1.54, 1.807) is 0 Å². The maximum Gasteiger partial charge on any atom is 0.253 e. The van der Waals surface area contributed by atoms with Crippen LogP contribution in [0.25, 0.3) is 10.9 Å². The molecule has 0 saturated carbocycles. The minimum Gasteiger partial charge on any atom is -0.352 e. The minimum atomic E-state index is -0.133. The number of aromatic nitrogens is 1. The Bertz CT molecular complexity index is 1060. The van der Waals surface area contributed by atoms with Gasteiger partial charge in [-0.1, -0.05) is 42.5 Å². The third-order valence-electron chi connectivity index (χ3n) is 5.47. The zero-order valence-corrected chi connectivity index (χ0v) is 16.8. The van der Waals surface area contributed by atoms with Gasteiger partial charge in [0.05, 0.1) is 16.8 Å². The molecule has 0 aliphatic carbocycles. The highest BCUT2D eigenvalue weighted by Crippen LogP contribution is 2.21. The molecule has 29 heavy (non-hydrogen) atoms. The number of pyridine rings is 1. The van der Waals surface area contributed by atoms with Crippen LogP contribution >= 0.6 is 0 Å². The predicted molar refractivity (Wildman–Crippen MR) is 114 cm³/mol. The number of carbonyl (C=O) groups is 2. The summed E-state index contributed by atoms with van der Waals surface area (Å²) in [4.78, 5) is 31.5. The van der Waals surface area contributed by atoms with E-state index in [1.807, 2.05) is 73.3 Å². The van der Waals surface area contributed by atoms with Crippen molar-refractivity contribution in [2.45, 2.75) is 26.8 Å². The Morgan fingerprint density at radius 1 is 1.14 bits per heavy atom. The average molecular weight is 387 g/mol. The fraction of sp³-hybridized carbons (Fsp3) is 0.292. The lowest BCUT2D eigenvalue weighted by Crippen LogP contribution is -2.31. The first kappa shape index (κ1) is 19.1. The molecule has 1 N–H and O–H groups in total. The van der Waals surface area contributed by atoms with Gasteiger partial charge < -0.3 is 10.2 Å². The number of carbonyl (C=O) groups excluding carboxylic acids is 2. The topological polar surface area (TPSA) is 62.3 Å². The van der Waals surface area contributed by atoms with Gasteiger partial charge in [0, 0.05) is 37.4 Å². The standard InChI is InChI=1S/C24H25N3O2/c1-16-8-9-20-12-21(17(2)26-22(20)10-16)24(29)25-13-19-11-23(28)27(15-19)14-18-6-4-3-5-7-18/h3-10,12,19H,11,13-15H2,1-2H3,(H,25,29)/t19-/m0/s1. The van der Waals surface area contributed by atoms with Gasteiger partial charge in [-0.15, -0.1) is 0 Å². The van der Waals surface area contributed by atoms with Gasteiger partial charge in [0.2, 0.25) is 5.91 Å². The van der Waals surface area contributed by atoms with Gasteiger partial charge in [-0.25, -0.2) is 0 Å². The second-order valence-corrected chi connectivity index (χ2v) is 7.86. The van der Waals surface area contributed by atoms with Crippen LogP contribution in [-0.4, -0.2) is 34.8 Å². The fourth-order valence-electron chi connectivity index (χ4n) is 3.88. The molecule has 1 aliphatic rings. The number of hydrogen-bond donors (Lipinski definition) is 1. The van der Waals surface area contributed by atoms with Crippen molar-refractivity contribution in [1.29, 1.82) is 0 Å². The molecule has 4 rings (SSSR count). The minimum absolute atomic E-state index is 0.131. The van der Waals surface area contributed by atoms with Crippen molar-refractivity contribution in [1.82, 2.24) is 15.2 Å². The normalized spacial score (nSPS) is 16.4. The van der Waals surface area contributed by atoms with Gasteiger partial charge in [-0.05, 0) is 37.1 Å². The molecular formula is C24H25N3O2. The molecule has 148 valence electrons. The predicted octanol–water partition coefficient (Wildman–Crippen LogP) is 3.63. The summed E-state index contributed by atoms with van der Waals surface area (Å²) in [5.74, 6) is 0.144. The Labute approximate surface area is 170 Å². The Kier molecular flexibility index (Phi) is 5.30. The maximum atomic E-state index is 12.7. The number of rotatable bonds is 5. The molecule has 1 fully saturated rings. The number of hydrogen-bond acceptors (Lipinski definition) is 3. The van der Waals surface area contributed by atoms with E-state index >= 15 is 0 Å². The van der Waals surface area contributed by atoms with Crippen molar-refractivity contribution < 1.29 is 9.59 Å². The van der Waals surface area contributed by atoms with Crippen LogP contribution in [0.5, 0.6) is 0 Å². The zero-order valence-electron chi connectivity index (χ0n) is 16.8. The number of amides is 2. The summed E-state index contributed by atoms with van der Waals surface area (Å²) in [5, 5.41) is 3.96. The molecule has 2 aromatic carbocycles. The molecule has 5 heteroatoms. The lowest BCUT2D eigenvalue weighted by atomic mass is 10.1. The molecule has 0 unspecified atom stereocenters. The van der Waals surface area contributed by atoms with E-state index in [2.05, 4.69) is 10.3 Å². The number of nitrogens with one attached hydrogen (secondary N) is 1. The van der Waals surface area contributed by atoms with Gasteiger partial charge in [0.25, 0.3) is 5.91 Å². The second-order valence-electron chi connectivity index (χ2n) is 7.86.